The average molecular weight is 352 g/mol. The summed E-state index contributed by atoms with van der Waals surface area (Å²) in [7, 11) is 0. The molecule has 0 radical (unpaired) electrons. The standard InChI is InChI=1S/C23H28O3/c1-18-7-9-19(10-8-18)23(15-5-4-6-16-23)20-11-13-21(14-12-20)26-22(2,3)25-17-24/h7-14,17H,4-6,15-16H2,1-3H3. The summed E-state index contributed by atoms with van der Waals surface area (Å²) >= 11 is 0. The third-order valence-corrected chi connectivity index (χ3v) is 5.41. The monoisotopic (exact) mass is 352 g/mol. The highest BCUT2D eigenvalue weighted by molar-refractivity contribution is 5.43. The van der Waals surface area contributed by atoms with Crippen LogP contribution in [0.5, 0.6) is 5.75 Å². The topological polar surface area (TPSA) is 35.5 Å². The molecule has 3 heteroatoms. The maximum atomic E-state index is 10.6. The molecule has 2 aromatic carbocycles. The second kappa shape index (κ2) is 7.53. The van der Waals surface area contributed by atoms with Crippen molar-refractivity contribution >= 4 is 6.47 Å². The van der Waals surface area contributed by atoms with E-state index in [1.54, 1.807) is 13.8 Å². The lowest BCUT2D eigenvalue weighted by Gasteiger charge is -2.39. The first kappa shape index (κ1) is 18.5. The van der Waals surface area contributed by atoms with Gasteiger partial charge >= 0.3 is 0 Å². The zero-order chi connectivity index (χ0) is 18.6. The van der Waals surface area contributed by atoms with Crippen molar-refractivity contribution in [1.82, 2.24) is 0 Å². The predicted octanol–water partition coefficient (Wildman–Crippen LogP) is 5.53. The molecule has 0 amide bonds. The second-order valence-electron chi connectivity index (χ2n) is 7.75. The summed E-state index contributed by atoms with van der Waals surface area (Å²) in [5, 5.41) is 0. The van der Waals surface area contributed by atoms with Crippen LogP contribution in [0.15, 0.2) is 48.5 Å². The van der Waals surface area contributed by atoms with Gasteiger partial charge in [-0.25, -0.2) is 0 Å². The summed E-state index contributed by atoms with van der Waals surface area (Å²) in [6.07, 6.45) is 6.18. The van der Waals surface area contributed by atoms with Gasteiger partial charge < -0.3 is 9.47 Å². The van der Waals surface area contributed by atoms with Crippen molar-refractivity contribution in [2.75, 3.05) is 0 Å². The maximum Gasteiger partial charge on any atom is 0.296 e. The van der Waals surface area contributed by atoms with Crippen LogP contribution in [0.1, 0.15) is 62.6 Å². The van der Waals surface area contributed by atoms with Crippen LogP contribution in [0, 0.1) is 6.92 Å². The second-order valence-corrected chi connectivity index (χ2v) is 7.75. The lowest BCUT2D eigenvalue weighted by Crippen LogP contribution is -2.32. The molecular weight excluding hydrogens is 324 g/mol. The van der Waals surface area contributed by atoms with Crippen LogP contribution < -0.4 is 4.74 Å². The minimum atomic E-state index is -0.969. The number of hydrogen-bond donors (Lipinski definition) is 0. The Labute approximate surface area is 156 Å². The van der Waals surface area contributed by atoms with Crippen LogP contribution in [0.2, 0.25) is 0 Å². The first-order valence-electron chi connectivity index (χ1n) is 9.43. The molecule has 0 spiro atoms. The Morgan fingerprint density at radius 1 is 0.885 bits per heavy atom. The Hall–Kier alpha value is -2.29. The molecule has 0 aromatic heterocycles. The first-order chi connectivity index (χ1) is 12.5. The van der Waals surface area contributed by atoms with Crippen molar-refractivity contribution in [2.45, 2.75) is 64.1 Å². The van der Waals surface area contributed by atoms with E-state index >= 15 is 0 Å². The Morgan fingerprint density at radius 3 is 1.96 bits per heavy atom. The van der Waals surface area contributed by atoms with Crippen LogP contribution in [-0.4, -0.2) is 12.3 Å². The highest BCUT2D eigenvalue weighted by Crippen LogP contribution is 2.45. The highest BCUT2D eigenvalue weighted by Gasteiger charge is 2.35. The largest absolute Gasteiger partial charge is 0.453 e. The summed E-state index contributed by atoms with van der Waals surface area (Å²) in [4.78, 5) is 10.6. The zero-order valence-corrected chi connectivity index (χ0v) is 16.0. The van der Waals surface area contributed by atoms with Gasteiger partial charge in [0.15, 0.2) is 0 Å². The van der Waals surface area contributed by atoms with Crippen molar-refractivity contribution < 1.29 is 14.3 Å². The molecule has 3 rings (SSSR count). The number of benzene rings is 2. The highest BCUT2D eigenvalue weighted by atomic mass is 16.7. The van der Waals surface area contributed by atoms with Crippen molar-refractivity contribution in [3.05, 3.63) is 65.2 Å². The molecule has 0 heterocycles. The van der Waals surface area contributed by atoms with E-state index in [2.05, 4.69) is 43.3 Å². The minimum Gasteiger partial charge on any atom is -0.453 e. The Balaban J connectivity index is 1.90. The minimum absolute atomic E-state index is 0.0826. The fourth-order valence-electron chi connectivity index (χ4n) is 4.04. The SMILES string of the molecule is Cc1ccc(C2(c3ccc(OC(C)(C)OC=O)cc3)CCCCC2)cc1. The molecule has 0 atom stereocenters. The van der Waals surface area contributed by atoms with E-state index in [0.29, 0.717) is 12.2 Å². The fraction of sp³-hybridized carbons (Fsp3) is 0.435. The van der Waals surface area contributed by atoms with Gasteiger partial charge in [-0.05, 0) is 43.0 Å². The van der Waals surface area contributed by atoms with E-state index in [0.717, 1.165) is 0 Å². The lowest BCUT2D eigenvalue weighted by molar-refractivity contribution is -0.170. The molecule has 0 saturated heterocycles. The van der Waals surface area contributed by atoms with Crippen LogP contribution >= 0.6 is 0 Å². The molecule has 1 aliphatic carbocycles. The fourth-order valence-corrected chi connectivity index (χ4v) is 4.04. The van der Waals surface area contributed by atoms with Crippen LogP contribution in [0.25, 0.3) is 0 Å². The molecule has 1 saturated carbocycles. The number of ether oxygens (including phenoxy) is 2. The predicted molar refractivity (Wildman–Crippen MR) is 103 cm³/mol. The zero-order valence-electron chi connectivity index (χ0n) is 16.0. The van der Waals surface area contributed by atoms with Gasteiger partial charge in [0.1, 0.15) is 5.75 Å². The van der Waals surface area contributed by atoms with Crippen LogP contribution in [0.3, 0.4) is 0 Å². The summed E-state index contributed by atoms with van der Waals surface area (Å²) < 4.78 is 10.8. The molecular formula is C23H28O3. The van der Waals surface area contributed by atoms with E-state index in [4.69, 9.17) is 9.47 Å². The molecule has 1 aliphatic rings. The Morgan fingerprint density at radius 2 is 1.42 bits per heavy atom. The van der Waals surface area contributed by atoms with E-state index < -0.39 is 5.79 Å². The van der Waals surface area contributed by atoms with Gasteiger partial charge in [-0.3, -0.25) is 4.79 Å². The molecule has 26 heavy (non-hydrogen) atoms. The molecule has 0 bridgehead atoms. The van der Waals surface area contributed by atoms with Gasteiger partial charge in [-0.15, -0.1) is 0 Å². The van der Waals surface area contributed by atoms with E-state index in [1.807, 2.05) is 12.1 Å². The smallest absolute Gasteiger partial charge is 0.296 e. The van der Waals surface area contributed by atoms with Crippen molar-refractivity contribution in [1.29, 1.82) is 0 Å². The molecule has 138 valence electrons. The Kier molecular flexibility index (Phi) is 5.36. The third-order valence-electron chi connectivity index (χ3n) is 5.41. The van der Waals surface area contributed by atoms with E-state index in [1.165, 1.54) is 48.8 Å². The lowest BCUT2D eigenvalue weighted by atomic mass is 9.65. The van der Waals surface area contributed by atoms with Gasteiger partial charge in [0.25, 0.3) is 6.47 Å². The first-order valence-corrected chi connectivity index (χ1v) is 9.43. The molecule has 0 N–H and O–H groups in total. The van der Waals surface area contributed by atoms with Crippen molar-refractivity contribution in [2.24, 2.45) is 0 Å². The normalized spacial score (nSPS) is 16.7. The summed E-state index contributed by atoms with van der Waals surface area (Å²) in [5.74, 6) is -0.265. The number of rotatable bonds is 6. The molecule has 2 aromatic rings. The van der Waals surface area contributed by atoms with Crippen molar-refractivity contribution in [3.8, 4) is 5.75 Å². The number of carbonyl (C=O) groups is 1. The van der Waals surface area contributed by atoms with Gasteiger partial charge in [0.2, 0.25) is 5.79 Å². The van der Waals surface area contributed by atoms with Gasteiger partial charge in [0, 0.05) is 19.3 Å². The van der Waals surface area contributed by atoms with Crippen LogP contribution in [0.4, 0.5) is 0 Å². The quantitative estimate of drug-likeness (QED) is 0.506. The Bertz CT molecular complexity index is 723. The van der Waals surface area contributed by atoms with Crippen LogP contribution in [-0.2, 0) is 14.9 Å². The van der Waals surface area contributed by atoms with E-state index in [9.17, 15) is 4.79 Å². The summed E-state index contributed by atoms with van der Waals surface area (Å²) in [6, 6.07) is 17.3. The van der Waals surface area contributed by atoms with Gasteiger partial charge in [-0.1, -0.05) is 61.2 Å². The maximum absolute atomic E-state index is 10.6. The number of hydrogen-bond acceptors (Lipinski definition) is 3. The molecule has 1 fully saturated rings. The summed E-state index contributed by atoms with van der Waals surface area (Å²) in [6.45, 7) is 6.00. The molecule has 0 unspecified atom stereocenters. The van der Waals surface area contributed by atoms with Gasteiger partial charge in [-0.2, -0.15) is 0 Å². The van der Waals surface area contributed by atoms with Crippen molar-refractivity contribution in [3.63, 3.8) is 0 Å². The van der Waals surface area contributed by atoms with E-state index in [-0.39, 0.29) is 5.41 Å². The molecule has 3 nitrogen and oxygen atoms in total. The van der Waals surface area contributed by atoms with Gasteiger partial charge in [0.05, 0.1) is 0 Å². The molecule has 0 aliphatic heterocycles. The summed E-state index contributed by atoms with van der Waals surface area (Å²) in [5.41, 5.74) is 4.11. The average Bonchev–Trinajstić information content (AvgIpc) is 2.63. The number of carbonyl (C=O) groups excluding carboxylic acids is 1. The third kappa shape index (κ3) is 3.92. The number of aryl methyl sites for hydroxylation is 1.